The predicted octanol–water partition coefficient (Wildman–Crippen LogP) is 4.77. The Hall–Kier alpha value is -3.45. The normalized spacial score (nSPS) is 15.4. The lowest BCUT2D eigenvalue weighted by molar-refractivity contribution is -0.128. The van der Waals surface area contributed by atoms with Crippen LogP contribution in [-0.2, 0) is 11.2 Å². The van der Waals surface area contributed by atoms with Gasteiger partial charge in [0.1, 0.15) is 16.9 Å². The molecular formula is C26H26N2O4S. The minimum atomic E-state index is -0.235. The molecule has 0 spiro atoms. The maximum Gasteiger partial charge on any atom is 0.255 e. The van der Waals surface area contributed by atoms with E-state index in [1.165, 1.54) is 5.56 Å². The molecule has 3 aromatic rings. The van der Waals surface area contributed by atoms with Crippen molar-refractivity contribution in [1.29, 1.82) is 0 Å². The molecule has 1 saturated heterocycles. The molecular weight excluding hydrogens is 436 g/mol. The number of amides is 2. The molecule has 1 aliphatic rings. The number of ether oxygens (including phenoxy) is 2. The van der Waals surface area contributed by atoms with Gasteiger partial charge in [0.2, 0.25) is 5.91 Å². The lowest BCUT2D eigenvalue weighted by Crippen LogP contribution is -2.30. The highest BCUT2D eigenvalue weighted by molar-refractivity contribution is 8.00. The van der Waals surface area contributed by atoms with Crippen LogP contribution in [0.2, 0.25) is 0 Å². The molecule has 4 rings (SSSR count). The summed E-state index contributed by atoms with van der Waals surface area (Å²) in [6, 6.07) is 22.8. The van der Waals surface area contributed by atoms with Crippen molar-refractivity contribution >= 4 is 29.3 Å². The molecule has 170 valence electrons. The zero-order valence-corrected chi connectivity index (χ0v) is 19.4. The van der Waals surface area contributed by atoms with Crippen LogP contribution in [-0.4, -0.2) is 43.2 Å². The van der Waals surface area contributed by atoms with Crippen LogP contribution in [0.3, 0.4) is 0 Å². The standard InChI is InChI=1S/C26H26N2O4S/c1-31-21-12-13-22(23(16-21)32-2)27-25(30)19-8-10-20(11-9-19)26-28(24(29)17-33-26)15-14-18-6-4-3-5-7-18/h3-13,16,26H,14-15,17H2,1-2H3,(H,27,30)/t26-/m1/s1. The summed E-state index contributed by atoms with van der Waals surface area (Å²) in [6.45, 7) is 0.667. The van der Waals surface area contributed by atoms with Crippen molar-refractivity contribution in [2.45, 2.75) is 11.8 Å². The quantitative estimate of drug-likeness (QED) is 0.522. The van der Waals surface area contributed by atoms with Gasteiger partial charge in [-0.2, -0.15) is 0 Å². The Morgan fingerprint density at radius 3 is 2.48 bits per heavy atom. The van der Waals surface area contributed by atoms with Crippen LogP contribution in [0.4, 0.5) is 5.69 Å². The first-order chi connectivity index (χ1) is 16.1. The van der Waals surface area contributed by atoms with E-state index in [0.29, 0.717) is 35.0 Å². The highest BCUT2D eigenvalue weighted by Crippen LogP contribution is 2.38. The monoisotopic (exact) mass is 462 g/mol. The zero-order valence-electron chi connectivity index (χ0n) is 18.6. The van der Waals surface area contributed by atoms with Crippen LogP contribution in [0, 0.1) is 0 Å². The second-order valence-electron chi connectivity index (χ2n) is 7.63. The summed E-state index contributed by atoms with van der Waals surface area (Å²) < 4.78 is 10.6. The smallest absolute Gasteiger partial charge is 0.255 e. The Morgan fingerprint density at radius 1 is 1.03 bits per heavy atom. The first kappa shape index (κ1) is 22.7. The first-order valence-electron chi connectivity index (χ1n) is 10.7. The average Bonchev–Trinajstić information content (AvgIpc) is 3.23. The summed E-state index contributed by atoms with van der Waals surface area (Å²) in [5.74, 6) is 1.55. The van der Waals surface area contributed by atoms with Gasteiger partial charge in [0, 0.05) is 18.2 Å². The van der Waals surface area contributed by atoms with E-state index in [4.69, 9.17) is 9.47 Å². The van der Waals surface area contributed by atoms with Crippen molar-refractivity contribution in [3.05, 3.63) is 89.5 Å². The van der Waals surface area contributed by atoms with Crippen molar-refractivity contribution in [2.75, 3.05) is 31.8 Å². The van der Waals surface area contributed by atoms with E-state index in [9.17, 15) is 9.59 Å². The number of rotatable bonds is 8. The van der Waals surface area contributed by atoms with Crippen LogP contribution in [0.15, 0.2) is 72.8 Å². The van der Waals surface area contributed by atoms with Crippen molar-refractivity contribution in [3.63, 3.8) is 0 Å². The Kier molecular flexibility index (Phi) is 7.19. The molecule has 0 radical (unpaired) electrons. The van der Waals surface area contributed by atoms with E-state index in [1.807, 2.05) is 35.2 Å². The Labute approximate surface area is 197 Å². The fraction of sp³-hybridized carbons (Fsp3) is 0.231. The van der Waals surface area contributed by atoms with Gasteiger partial charge >= 0.3 is 0 Å². The average molecular weight is 463 g/mol. The van der Waals surface area contributed by atoms with Gasteiger partial charge in [0.15, 0.2) is 0 Å². The molecule has 1 fully saturated rings. The molecule has 1 N–H and O–H groups in total. The lowest BCUT2D eigenvalue weighted by Gasteiger charge is -2.24. The van der Waals surface area contributed by atoms with Gasteiger partial charge < -0.3 is 19.7 Å². The van der Waals surface area contributed by atoms with E-state index in [0.717, 1.165) is 12.0 Å². The third-order valence-electron chi connectivity index (χ3n) is 5.57. The van der Waals surface area contributed by atoms with Crippen LogP contribution >= 0.6 is 11.8 Å². The molecule has 7 heteroatoms. The van der Waals surface area contributed by atoms with Gasteiger partial charge in [-0.3, -0.25) is 9.59 Å². The number of nitrogens with one attached hydrogen (secondary N) is 1. The third kappa shape index (κ3) is 5.31. The predicted molar refractivity (Wildman–Crippen MR) is 131 cm³/mol. The fourth-order valence-corrected chi connectivity index (χ4v) is 4.98. The van der Waals surface area contributed by atoms with Crippen molar-refractivity contribution in [1.82, 2.24) is 4.90 Å². The van der Waals surface area contributed by atoms with E-state index < -0.39 is 0 Å². The number of carbonyl (C=O) groups excluding carboxylic acids is 2. The summed E-state index contributed by atoms with van der Waals surface area (Å²) >= 11 is 1.62. The van der Waals surface area contributed by atoms with Crippen LogP contribution < -0.4 is 14.8 Å². The molecule has 6 nitrogen and oxygen atoms in total. The topological polar surface area (TPSA) is 67.9 Å². The number of benzene rings is 3. The third-order valence-corrected chi connectivity index (χ3v) is 6.82. The molecule has 1 heterocycles. The molecule has 0 unspecified atom stereocenters. The van der Waals surface area contributed by atoms with Crippen LogP contribution in [0.5, 0.6) is 11.5 Å². The maximum absolute atomic E-state index is 12.8. The maximum atomic E-state index is 12.8. The van der Waals surface area contributed by atoms with Crippen LogP contribution in [0.1, 0.15) is 26.9 Å². The molecule has 33 heavy (non-hydrogen) atoms. The summed E-state index contributed by atoms with van der Waals surface area (Å²) in [5.41, 5.74) is 3.32. The van der Waals surface area contributed by atoms with E-state index in [-0.39, 0.29) is 17.2 Å². The molecule has 1 aliphatic heterocycles. The Balaban J connectivity index is 1.44. The SMILES string of the molecule is COc1ccc(NC(=O)c2ccc([C@H]3SCC(=O)N3CCc3ccccc3)cc2)c(OC)c1. The molecule has 1 atom stereocenters. The number of nitrogens with zero attached hydrogens (tertiary/aromatic N) is 1. The molecule has 0 bridgehead atoms. The van der Waals surface area contributed by atoms with E-state index >= 15 is 0 Å². The van der Waals surface area contributed by atoms with Gasteiger partial charge in [-0.1, -0.05) is 42.5 Å². The summed E-state index contributed by atoms with van der Waals surface area (Å²) in [7, 11) is 3.12. The second-order valence-corrected chi connectivity index (χ2v) is 8.70. The molecule has 2 amide bonds. The van der Waals surface area contributed by atoms with Gasteiger partial charge in [0.05, 0.1) is 25.7 Å². The Bertz CT molecular complexity index is 1120. The van der Waals surface area contributed by atoms with Gasteiger partial charge in [-0.15, -0.1) is 11.8 Å². The number of anilines is 1. The van der Waals surface area contributed by atoms with Gasteiger partial charge in [0.25, 0.3) is 5.91 Å². The Morgan fingerprint density at radius 2 is 1.79 bits per heavy atom. The fourth-order valence-electron chi connectivity index (χ4n) is 3.76. The van der Waals surface area contributed by atoms with E-state index in [1.54, 1.807) is 56.3 Å². The second kappa shape index (κ2) is 10.4. The minimum absolute atomic E-state index is 0.0417. The number of thioether (sulfide) groups is 1. The van der Waals surface area contributed by atoms with Crippen LogP contribution in [0.25, 0.3) is 0 Å². The number of carbonyl (C=O) groups is 2. The van der Waals surface area contributed by atoms with E-state index in [2.05, 4.69) is 17.4 Å². The van der Waals surface area contributed by atoms with Crippen molar-refractivity contribution in [2.24, 2.45) is 0 Å². The first-order valence-corrected chi connectivity index (χ1v) is 11.7. The number of hydrogen-bond acceptors (Lipinski definition) is 5. The van der Waals surface area contributed by atoms with Crippen molar-refractivity contribution < 1.29 is 19.1 Å². The molecule has 0 saturated carbocycles. The highest BCUT2D eigenvalue weighted by atomic mass is 32.2. The van der Waals surface area contributed by atoms with Crippen molar-refractivity contribution in [3.8, 4) is 11.5 Å². The summed E-state index contributed by atoms with van der Waals surface area (Å²) in [5, 5.41) is 2.84. The lowest BCUT2D eigenvalue weighted by atomic mass is 10.1. The summed E-state index contributed by atoms with van der Waals surface area (Å²) in [6.07, 6.45) is 0.813. The van der Waals surface area contributed by atoms with Gasteiger partial charge in [-0.05, 0) is 41.8 Å². The number of hydrogen-bond donors (Lipinski definition) is 1. The molecule has 3 aromatic carbocycles. The molecule has 0 aromatic heterocycles. The minimum Gasteiger partial charge on any atom is -0.497 e. The number of methoxy groups -OCH3 is 2. The summed E-state index contributed by atoms with van der Waals surface area (Å²) in [4.78, 5) is 27.2. The zero-order chi connectivity index (χ0) is 23.2. The largest absolute Gasteiger partial charge is 0.497 e. The van der Waals surface area contributed by atoms with Gasteiger partial charge in [-0.25, -0.2) is 0 Å². The molecule has 0 aliphatic carbocycles. The highest BCUT2D eigenvalue weighted by Gasteiger charge is 2.32.